The van der Waals surface area contributed by atoms with E-state index in [2.05, 4.69) is 11.0 Å². The van der Waals surface area contributed by atoms with E-state index in [0.717, 1.165) is 17.0 Å². The number of hydrogen-bond acceptors (Lipinski definition) is 4. The number of nitrogens with zero attached hydrogens (tertiary/aromatic N) is 4. The van der Waals surface area contributed by atoms with Gasteiger partial charge in [-0.05, 0) is 49.4 Å². The van der Waals surface area contributed by atoms with Crippen LogP contribution in [-0.2, 0) is 0 Å². The van der Waals surface area contributed by atoms with Crippen molar-refractivity contribution >= 4 is 34.8 Å². The van der Waals surface area contributed by atoms with Gasteiger partial charge in [0.15, 0.2) is 0 Å². The second-order valence-electron chi connectivity index (χ2n) is 8.47. The van der Waals surface area contributed by atoms with Gasteiger partial charge in [0.05, 0.1) is 28.7 Å². The Bertz CT molecular complexity index is 1380. The van der Waals surface area contributed by atoms with E-state index >= 15 is 0 Å². The number of benzene rings is 3. The van der Waals surface area contributed by atoms with Crippen LogP contribution < -0.4 is 9.64 Å². The smallest absolute Gasteiger partial charge is 0.272 e. The van der Waals surface area contributed by atoms with Crippen molar-refractivity contribution in [3.8, 4) is 22.7 Å². The van der Waals surface area contributed by atoms with Crippen LogP contribution in [0.15, 0.2) is 78.9 Å². The highest BCUT2D eigenvalue weighted by atomic mass is 35.5. The molecule has 3 aromatic carbocycles. The lowest BCUT2D eigenvalue weighted by Crippen LogP contribution is -2.49. The molecule has 0 N–H and O–H groups in total. The molecule has 0 spiro atoms. The summed E-state index contributed by atoms with van der Waals surface area (Å²) in [6.07, 6.45) is 0. The monoisotopic (exact) mass is 520 g/mol. The van der Waals surface area contributed by atoms with Crippen LogP contribution in [0.4, 0.5) is 5.69 Å². The topological polar surface area (TPSA) is 50.6 Å². The van der Waals surface area contributed by atoms with Crippen LogP contribution >= 0.6 is 23.2 Å². The van der Waals surface area contributed by atoms with Gasteiger partial charge in [0.1, 0.15) is 11.4 Å². The minimum Gasteiger partial charge on any atom is -0.492 e. The fraction of sp³-hybridized carbons (Fsp3) is 0.214. The Balaban J connectivity index is 1.43. The second-order valence-corrected chi connectivity index (χ2v) is 9.31. The van der Waals surface area contributed by atoms with Crippen molar-refractivity contribution in [3.63, 3.8) is 0 Å². The Kier molecular flexibility index (Phi) is 7.16. The summed E-state index contributed by atoms with van der Waals surface area (Å²) < 4.78 is 7.46. The number of carbonyl (C=O) groups excluding carboxylic acids is 1. The molecule has 1 saturated heterocycles. The number of hydrogen-bond donors (Lipinski definition) is 0. The van der Waals surface area contributed by atoms with Gasteiger partial charge in [0.2, 0.25) is 0 Å². The predicted octanol–water partition coefficient (Wildman–Crippen LogP) is 6.21. The molecule has 1 aliphatic rings. The van der Waals surface area contributed by atoms with Crippen molar-refractivity contribution in [1.82, 2.24) is 14.7 Å². The van der Waals surface area contributed by atoms with Gasteiger partial charge in [-0.15, -0.1) is 0 Å². The van der Waals surface area contributed by atoms with E-state index < -0.39 is 0 Å². The summed E-state index contributed by atoms with van der Waals surface area (Å²) >= 11 is 12.7. The van der Waals surface area contributed by atoms with Crippen LogP contribution in [0.3, 0.4) is 0 Å². The number of aromatic nitrogens is 2. The maximum absolute atomic E-state index is 13.8. The van der Waals surface area contributed by atoms with Gasteiger partial charge in [-0.2, -0.15) is 5.10 Å². The van der Waals surface area contributed by atoms with E-state index in [1.165, 1.54) is 0 Å². The summed E-state index contributed by atoms with van der Waals surface area (Å²) in [4.78, 5) is 17.9. The van der Waals surface area contributed by atoms with Crippen molar-refractivity contribution in [2.45, 2.75) is 6.92 Å². The third kappa shape index (κ3) is 4.92. The van der Waals surface area contributed by atoms with Crippen molar-refractivity contribution in [1.29, 1.82) is 0 Å². The molecule has 0 aliphatic carbocycles. The molecule has 0 saturated carbocycles. The first kappa shape index (κ1) is 24.2. The van der Waals surface area contributed by atoms with Crippen LogP contribution in [0.25, 0.3) is 16.9 Å². The first-order chi connectivity index (χ1) is 17.5. The molecule has 1 fully saturated rings. The molecule has 5 rings (SSSR count). The third-order valence-corrected chi connectivity index (χ3v) is 6.77. The SMILES string of the molecule is CCOc1ccccc1N1CCN(C(=O)c2cc(-c3ccccc3Cl)nn2-c2cccc(Cl)c2)CC1. The van der Waals surface area contributed by atoms with Crippen molar-refractivity contribution < 1.29 is 9.53 Å². The Morgan fingerprint density at radius 3 is 2.42 bits per heavy atom. The standard InChI is InChI=1S/C28H26Cl2N4O2/c1-2-36-27-13-6-5-12-25(27)32-14-16-33(17-15-32)28(35)26-19-24(22-10-3-4-11-23(22)30)31-34(26)21-9-7-8-20(29)18-21/h3-13,18-19H,2,14-17H2,1H3. The van der Waals surface area contributed by atoms with Crippen molar-refractivity contribution in [2.75, 3.05) is 37.7 Å². The summed E-state index contributed by atoms with van der Waals surface area (Å²) in [5.41, 5.74) is 3.64. The molecule has 184 valence electrons. The summed E-state index contributed by atoms with van der Waals surface area (Å²) in [6.45, 7) is 5.17. The highest BCUT2D eigenvalue weighted by Crippen LogP contribution is 2.31. The van der Waals surface area contributed by atoms with Gasteiger partial charge in [-0.3, -0.25) is 4.79 Å². The van der Waals surface area contributed by atoms with Crippen LogP contribution in [0.2, 0.25) is 10.0 Å². The van der Waals surface area contributed by atoms with Gasteiger partial charge in [0.25, 0.3) is 5.91 Å². The maximum Gasteiger partial charge on any atom is 0.272 e. The lowest BCUT2D eigenvalue weighted by Gasteiger charge is -2.36. The molecule has 2 heterocycles. The Labute approximate surface area is 220 Å². The molecule has 0 atom stereocenters. The fourth-order valence-corrected chi connectivity index (χ4v) is 4.86. The zero-order valence-corrected chi connectivity index (χ0v) is 21.4. The number of amides is 1. The molecule has 0 unspecified atom stereocenters. The second kappa shape index (κ2) is 10.6. The van der Waals surface area contributed by atoms with Gasteiger partial charge in [0, 0.05) is 36.8 Å². The molecule has 0 bridgehead atoms. The summed E-state index contributed by atoms with van der Waals surface area (Å²) in [5, 5.41) is 5.91. The van der Waals surface area contributed by atoms with Gasteiger partial charge in [-0.25, -0.2) is 4.68 Å². The number of para-hydroxylation sites is 2. The Morgan fingerprint density at radius 1 is 0.917 bits per heavy atom. The largest absolute Gasteiger partial charge is 0.492 e. The van der Waals surface area contributed by atoms with Gasteiger partial charge in [-0.1, -0.05) is 59.6 Å². The molecule has 1 amide bonds. The maximum atomic E-state index is 13.8. The van der Waals surface area contributed by atoms with Crippen LogP contribution in [0.1, 0.15) is 17.4 Å². The molecular formula is C28H26Cl2N4O2. The summed E-state index contributed by atoms with van der Waals surface area (Å²) in [7, 11) is 0. The quantitative estimate of drug-likeness (QED) is 0.303. The predicted molar refractivity (Wildman–Crippen MR) is 145 cm³/mol. The third-order valence-electron chi connectivity index (χ3n) is 6.20. The van der Waals surface area contributed by atoms with E-state index in [-0.39, 0.29) is 5.91 Å². The molecule has 36 heavy (non-hydrogen) atoms. The average molecular weight is 521 g/mol. The highest BCUT2D eigenvalue weighted by molar-refractivity contribution is 6.33. The number of piperazine rings is 1. The molecule has 0 radical (unpaired) electrons. The molecule has 8 heteroatoms. The number of anilines is 1. The average Bonchev–Trinajstić information content (AvgIpc) is 3.34. The van der Waals surface area contributed by atoms with Crippen molar-refractivity contribution in [2.24, 2.45) is 0 Å². The molecule has 4 aromatic rings. The van der Waals surface area contributed by atoms with Crippen molar-refractivity contribution in [3.05, 3.63) is 94.6 Å². The normalized spacial score (nSPS) is 13.6. The zero-order chi connectivity index (χ0) is 25.1. The number of rotatable bonds is 6. The lowest BCUT2D eigenvalue weighted by molar-refractivity contribution is 0.0737. The van der Waals surface area contributed by atoms with E-state index in [1.54, 1.807) is 22.9 Å². The first-order valence-corrected chi connectivity index (χ1v) is 12.7. The number of halogens is 2. The van der Waals surface area contributed by atoms with Crippen LogP contribution in [0, 0.1) is 0 Å². The molecule has 1 aliphatic heterocycles. The van der Waals surface area contributed by atoms with Crippen LogP contribution in [0.5, 0.6) is 5.75 Å². The number of ether oxygens (including phenoxy) is 1. The van der Waals surface area contributed by atoms with E-state index in [4.69, 9.17) is 33.0 Å². The highest BCUT2D eigenvalue weighted by Gasteiger charge is 2.27. The molecule has 6 nitrogen and oxygen atoms in total. The summed E-state index contributed by atoms with van der Waals surface area (Å²) in [6, 6.07) is 24.6. The fourth-order valence-electron chi connectivity index (χ4n) is 4.45. The van der Waals surface area contributed by atoms with Gasteiger partial charge >= 0.3 is 0 Å². The Hall–Kier alpha value is -3.48. The lowest BCUT2D eigenvalue weighted by atomic mass is 10.1. The first-order valence-electron chi connectivity index (χ1n) is 11.9. The van der Waals surface area contributed by atoms with E-state index in [0.29, 0.717) is 59.9 Å². The summed E-state index contributed by atoms with van der Waals surface area (Å²) in [5.74, 6) is 0.779. The molecular weight excluding hydrogens is 495 g/mol. The zero-order valence-electron chi connectivity index (χ0n) is 19.9. The minimum atomic E-state index is -0.0847. The van der Waals surface area contributed by atoms with Crippen LogP contribution in [-0.4, -0.2) is 53.4 Å². The Morgan fingerprint density at radius 2 is 1.67 bits per heavy atom. The van der Waals surface area contributed by atoms with E-state index in [1.807, 2.05) is 66.4 Å². The minimum absolute atomic E-state index is 0.0847. The van der Waals surface area contributed by atoms with E-state index in [9.17, 15) is 4.79 Å². The van der Waals surface area contributed by atoms with Gasteiger partial charge < -0.3 is 14.5 Å². The number of carbonyl (C=O) groups is 1. The molecule has 1 aromatic heterocycles.